The number of amides is 1. The monoisotopic (exact) mass is 302 g/mol. The number of rotatable bonds is 2. The van der Waals surface area contributed by atoms with E-state index in [1.807, 2.05) is 49.1 Å². The lowest BCUT2D eigenvalue weighted by molar-refractivity contribution is -0.0690. The van der Waals surface area contributed by atoms with Gasteiger partial charge in [0.2, 0.25) is 0 Å². The molecule has 21 heavy (non-hydrogen) atoms. The second-order valence-corrected chi connectivity index (χ2v) is 6.18. The first-order valence-corrected chi connectivity index (χ1v) is 7.93. The van der Waals surface area contributed by atoms with Crippen LogP contribution in [0.3, 0.4) is 0 Å². The molecule has 0 aliphatic carbocycles. The van der Waals surface area contributed by atoms with Crippen molar-refractivity contribution in [1.29, 1.82) is 0 Å². The van der Waals surface area contributed by atoms with Gasteiger partial charge >= 0.3 is 0 Å². The van der Waals surface area contributed by atoms with Crippen LogP contribution in [0.5, 0.6) is 0 Å². The van der Waals surface area contributed by atoms with Crippen LogP contribution in [0.25, 0.3) is 0 Å². The molecule has 5 heteroatoms. The van der Waals surface area contributed by atoms with Gasteiger partial charge in [-0.1, -0.05) is 30.3 Å². The average Bonchev–Trinajstić information content (AvgIpc) is 2.93. The summed E-state index contributed by atoms with van der Waals surface area (Å²) in [5, 5.41) is 0. The number of aromatic nitrogens is 1. The van der Waals surface area contributed by atoms with Crippen LogP contribution in [0.2, 0.25) is 0 Å². The van der Waals surface area contributed by atoms with Gasteiger partial charge in [0.1, 0.15) is 11.0 Å². The molecular weight excluding hydrogens is 284 g/mol. The van der Waals surface area contributed by atoms with E-state index in [-0.39, 0.29) is 18.1 Å². The topological polar surface area (TPSA) is 42.4 Å². The zero-order valence-electron chi connectivity index (χ0n) is 12.2. The number of carbonyl (C=O) groups is 1. The van der Waals surface area contributed by atoms with Crippen molar-refractivity contribution >= 4 is 17.2 Å². The highest BCUT2D eigenvalue weighted by atomic mass is 32.1. The van der Waals surface area contributed by atoms with E-state index in [0.717, 1.165) is 16.1 Å². The largest absolute Gasteiger partial charge is 0.367 e. The number of morpholine rings is 1. The lowest BCUT2D eigenvalue weighted by Crippen LogP contribution is -2.45. The van der Waals surface area contributed by atoms with Gasteiger partial charge in [0.25, 0.3) is 5.91 Å². The molecule has 0 radical (unpaired) electrons. The van der Waals surface area contributed by atoms with Crippen LogP contribution in [0.1, 0.15) is 34.0 Å². The average molecular weight is 302 g/mol. The summed E-state index contributed by atoms with van der Waals surface area (Å²) in [6.45, 7) is 5.10. The van der Waals surface area contributed by atoms with Gasteiger partial charge in [0, 0.05) is 6.54 Å². The Morgan fingerprint density at radius 3 is 2.76 bits per heavy atom. The zero-order chi connectivity index (χ0) is 14.8. The third kappa shape index (κ3) is 2.99. The van der Waals surface area contributed by atoms with Crippen LogP contribution >= 0.6 is 11.3 Å². The smallest absolute Gasteiger partial charge is 0.266 e. The predicted octanol–water partition coefficient (Wildman–Crippen LogP) is 3.05. The molecule has 2 atom stereocenters. The Bertz CT molecular complexity index is 626. The molecule has 0 bridgehead atoms. The molecule has 0 unspecified atom stereocenters. The minimum absolute atomic E-state index is 0.0288. The molecule has 0 saturated carbocycles. The molecule has 2 heterocycles. The Kier molecular flexibility index (Phi) is 4.03. The zero-order valence-corrected chi connectivity index (χ0v) is 13.0. The fourth-order valence-electron chi connectivity index (χ4n) is 2.62. The summed E-state index contributed by atoms with van der Waals surface area (Å²) < 4.78 is 5.99. The Labute approximate surface area is 128 Å². The summed E-state index contributed by atoms with van der Waals surface area (Å²) in [7, 11) is 0. The highest BCUT2D eigenvalue weighted by Gasteiger charge is 2.31. The minimum atomic E-state index is -0.0628. The number of aryl methyl sites for hydroxylation is 1. The number of ether oxygens (including phenoxy) is 1. The Morgan fingerprint density at radius 2 is 2.10 bits per heavy atom. The van der Waals surface area contributed by atoms with Crippen molar-refractivity contribution in [2.24, 2.45) is 0 Å². The summed E-state index contributed by atoms with van der Waals surface area (Å²) in [5.74, 6) is 0.0612. The Morgan fingerprint density at radius 1 is 1.33 bits per heavy atom. The van der Waals surface area contributed by atoms with E-state index in [4.69, 9.17) is 4.74 Å². The van der Waals surface area contributed by atoms with E-state index in [9.17, 15) is 4.79 Å². The van der Waals surface area contributed by atoms with Crippen LogP contribution in [0.4, 0.5) is 0 Å². The summed E-state index contributed by atoms with van der Waals surface area (Å²) >= 11 is 1.41. The molecule has 110 valence electrons. The molecule has 1 amide bonds. The maximum atomic E-state index is 12.6. The number of thiazole rings is 1. The van der Waals surface area contributed by atoms with Gasteiger partial charge in [-0.05, 0) is 19.4 Å². The lowest BCUT2D eigenvalue weighted by Gasteiger charge is -2.37. The summed E-state index contributed by atoms with van der Waals surface area (Å²) in [5.41, 5.74) is 3.64. The van der Waals surface area contributed by atoms with Crippen molar-refractivity contribution in [2.45, 2.75) is 26.1 Å². The van der Waals surface area contributed by atoms with Crippen molar-refractivity contribution in [3.63, 3.8) is 0 Å². The van der Waals surface area contributed by atoms with Gasteiger partial charge in [0.05, 0.1) is 23.9 Å². The number of hydrogen-bond donors (Lipinski definition) is 0. The van der Waals surface area contributed by atoms with Gasteiger partial charge in [-0.25, -0.2) is 4.98 Å². The standard InChI is InChI=1S/C16H18N2O2S/c1-11-8-18(16(19)15-12(2)17-10-21-15)9-14(20-11)13-6-4-3-5-7-13/h3-7,10-11,14H,8-9H2,1-2H3/t11-,14-/m1/s1. The number of carbonyl (C=O) groups excluding carboxylic acids is 1. The first-order valence-electron chi connectivity index (χ1n) is 7.05. The van der Waals surface area contributed by atoms with Crippen molar-refractivity contribution in [2.75, 3.05) is 13.1 Å². The fourth-order valence-corrected chi connectivity index (χ4v) is 3.39. The third-order valence-electron chi connectivity index (χ3n) is 3.66. The molecule has 1 aromatic carbocycles. The second-order valence-electron chi connectivity index (χ2n) is 5.32. The van der Waals surface area contributed by atoms with Gasteiger partial charge in [-0.2, -0.15) is 0 Å². The van der Waals surface area contributed by atoms with E-state index < -0.39 is 0 Å². The molecular formula is C16H18N2O2S. The SMILES string of the molecule is Cc1ncsc1C(=O)N1C[C@@H](C)O[C@@H](c2ccccc2)C1. The van der Waals surface area contributed by atoms with Gasteiger partial charge in [-0.15, -0.1) is 11.3 Å². The van der Waals surface area contributed by atoms with E-state index in [2.05, 4.69) is 4.98 Å². The summed E-state index contributed by atoms with van der Waals surface area (Å²) in [6.07, 6.45) is -0.0340. The van der Waals surface area contributed by atoms with E-state index in [1.54, 1.807) is 5.51 Å². The van der Waals surface area contributed by atoms with E-state index in [1.165, 1.54) is 11.3 Å². The first kappa shape index (κ1) is 14.2. The molecule has 0 N–H and O–H groups in total. The number of nitrogens with zero attached hydrogens (tertiary/aromatic N) is 2. The van der Waals surface area contributed by atoms with Gasteiger partial charge in [-0.3, -0.25) is 4.79 Å². The number of benzene rings is 1. The number of hydrogen-bond acceptors (Lipinski definition) is 4. The second kappa shape index (κ2) is 5.95. The Balaban J connectivity index is 1.80. The van der Waals surface area contributed by atoms with Crippen LogP contribution in [-0.4, -0.2) is 35.0 Å². The van der Waals surface area contributed by atoms with Crippen LogP contribution in [0, 0.1) is 6.92 Å². The molecule has 1 saturated heterocycles. The van der Waals surface area contributed by atoms with Crippen LogP contribution < -0.4 is 0 Å². The quantitative estimate of drug-likeness (QED) is 0.856. The molecule has 0 spiro atoms. The summed E-state index contributed by atoms with van der Waals surface area (Å²) in [6, 6.07) is 10.1. The van der Waals surface area contributed by atoms with Crippen molar-refractivity contribution in [3.8, 4) is 0 Å². The van der Waals surface area contributed by atoms with Gasteiger partial charge in [0.15, 0.2) is 0 Å². The molecule has 3 rings (SSSR count). The van der Waals surface area contributed by atoms with Gasteiger partial charge < -0.3 is 9.64 Å². The predicted molar refractivity (Wildman–Crippen MR) is 82.5 cm³/mol. The van der Waals surface area contributed by atoms with Crippen molar-refractivity contribution in [1.82, 2.24) is 9.88 Å². The molecule has 4 nitrogen and oxygen atoms in total. The Hall–Kier alpha value is -1.72. The molecule has 1 aliphatic rings. The summed E-state index contributed by atoms with van der Waals surface area (Å²) in [4.78, 5) is 19.4. The van der Waals surface area contributed by atoms with E-state index >= 15 is 0 Å². The maximum Gasteiger partial charge on any atom is 0.266 e. The molecule has 1 aliphatic heterocycles. The maximum absolute atomic E-state index is 12.6. The van der Waals surface area contributed by atoms with Crippen LogP contribution in [-0.2, 0) is 4.74 Å². The van der Waals surface area contributed by atoms with E-state index in [0.29, 0.717) is 13.1 Å². The molecule has 1 aromatic heterocycles. The molecule has 2 aromatic rings. The highest BCUT2D eigenvalue weighted by Crippen LogP contribution is 2.27. The van der Waals surface area contributed by atoms with Crippen molar-refractivity contribution in [3.05, 3.63) is 52.0 Å². The minimum Gasteiger partial charge on any atom is -0.367 e. The fraction of sp³-hybridized carbons (Fsp3) is 0.375. The van der Waals surface area contributed by atoms with Crippen molar-refractivity contribution < 1.29 is 9.53 Å². The molecule has 1 fully saturated rings. The highest BCUT2D eigenvalue weighted by molar-refractivity contribution is 7.11. The van der Waals surface area contributed by atoms with Crippen LogP contribution in [0.15, 0.2) is 35.8 Å². The third-order valence-corrected chi connectivity index (χ3v) is 4.58. The lowest BCUT2D eigenvalue weighted by atomic mass is 10.1. The normalized spacial score (nSPS) is 22.3. The first-order chi connectivity index (χ1) is 10.1.